The van der Waals surface area contributed by atoms with E-state index in [9.17, 15) is 53.4 Å². The van der Waals surface area contributed by atoms with Crippen LogP contribution < -0.4 is 44.2 Å². The summed E-state index contributed by atoms with van der Waals surface area (Å²) in [5.41, 5.74) is 26.1. The van der Waals surface area contributed by atoms with Crippen LogP contribution in [0.2, 0.25) is 0 Å². The lowest BCUT2D eigenvalue weighted by molar-refractivity contribution is -0.139. The Kier molecular flexibility index (Phi) is 26.4. The molecule has 0 radical (unpaired) electrons. The number of primary amides is 4. The SMILES string of the molecule is CC(=O)CC[C@@H](NC(=O)N[C@H](CCCCN(Cc1ccc(Br)nc1)C(=O)c1ccc(CNC(=S)Nc2ccc(CC3CN(CC(N)=O)CCN(CC(N)=O)CCN(CC(N)=O)CCN3CC(N)=O)cc2)cc1)C(=O)O)C(=O)O. The van der Waals surface area contributed by atoms with E-state index in [4.69, 9.17) is 35.2 Å². The van der Waals surface area contributed by atoms with Crippen molar-refractivity contribution in [2.24, 2.45) is 22.9 Å². The smallest absolute Gasteiger partial charge is 0.326 e. The average molecular weight is 1170 g/mol. The van der Waals surface area contributed by atoms with Gasteiger partial charge in [0.25, 0.3) is 5.91 Å². The number of nitrogens with two attached hydrogens (primary N) is 4. The summed E-state index contributed by atoms with van der Waals surface area (Å²) in [6, 6.07) is 14.0. The van der Waals surface area contributed by atoms with Crippen LogP contribution in [0.5, 0.6) is 0 Å². The van der Waals surface area contributed by atoms with E-state index in [-0.39, 0.29) is 82.7 Å². The lowest BCUT2D eigenvalue weighted by Crippen LogP contribution is -2.54. The van der Waals surface area contributed by atoms with Crippen molar-refractivity contribution >= 4 is 92.2 Å². The molecule has 27 heteroatoms. The van der Waals surface area contributed by atoms with Crippen molar-refractivity contribution in [3.63, 3.8) is 0 Å². The van der Waals surface area contributed by atoms with Crippen molar-refractivity contribution in [2.45, 2.75) is 76.7 Å². The second-order valence-corrected chi connectivity index (χ2v) is 20.3. The van der Waals surface area contributed by atoms with Gasteiger partial charge in [-0.2, -0.15) is 0 Å². The van der Waals surface area contributed by atoms with Gasteiger partial charge in [-0.3, -0.25) is 43.6 Å². The molecule has 1 aliphatic heterocycles. The number of hydrogen-bond donors (Lipinski definition) is 10. The fourth-order valence-corrected chi connectivity index (χ4v) is 9.04. The predicted octanol–water partition coefficient (Wildman–Crippen LogP) is -0.208. The lowest BCUT2D eigenvalue weighted by Gasteiger charge is -2.38. The molecular formula is C51H71BrN14O11S. The molecule has 0 aliphatic carbocycles. The molecule has 0 spiro atoms. The maximum atomic E-state index is 14.0. The van der Waals surface area contributed by atoms with Crippen LogP contribution in [0.15, 0.2) is 71.5 Å². The Morgan fingerprint density at radius 1 is 0.692 bits per heavy atom. The normalized spacial score (nSPS) is 15.7. The van der Waals surface area contributed by atoms with Crippen LogP contribution in [0, 0.1) is 0 Å². The monoisotopic (exact) mass is 1170 g/mol. The van der Waals surface area contributed by atoms with Crippen molar-refractivity contribution in [3.05, 3.63) is 93.7 Å². The van der Waals surface area contributed by atoms with Crippen molar-refractivity contribution in [1.29, 1.82) is 0 Å². The second kappa shape index (κ2) is 32.5. The number of pyridine rings is 1. The van der Waals surface area contributed by atoms with Crippen LogP contribution >= 0.6 is 28.1 Å². The summed E-state index contributed by atoms with van der Waals surface area (Å²) in [6.45, 7) is 4.31. The van der Waals surface area contributed by atoms with Crippen LogP contribution in [0.1, 0.15) is 66.1 Å². The van der Waals surface area contributed by atoms with E-state index in [1.54, 1.807) is 41.4 Å². The molecule has 1 fully saturated rings. The first-order valence-electron chi connectivity index (χ1n) is 25.2. The van der Waals surface area contributed by atoms with Gasteiger partial charge in [-0.05, 0) is 114 Å². The predicted molar refractivity (Wildman–Crippen MR) is 296 cm³/mol. The van der Waals surface area contributed by atoms with E-state index in [2.05, 4.69) is 42.2 Å². The topological polar surface area (TPSA) is 375 Å². The number of carbonyl (C=O) groups is 9. The van der Waals surface area contributed by atoms with Gasteiger partial charge in [0, 0.05) is 95.4 Å². The molecule has 2 aromatic carbocycles. The standard InChI is InChI=1S/C51H71BrN14O11S/c1-33(67)5-15-41(49(75)76)61-50(77)60-40(48(73)74)4-2-3-17-66(27-36-10-16-42(52)57-26-36)47(72)37-11-6-35(7-12-37)25-58-51(78)59-38-13-8-34(9-14-38)24-39-28-64(31-45(55)70)21-20-62(29-43(53)68)18-19-63(30-44(54)69)22-23-65(39)32-46(56)71/h6-14,16,26,39-41H,2-5,15,17-25,27-32H2,1H3,(H2,53,68)(H2,54,69)(H2,55,70)(H2,56,71)(H,73,74)(H,75,76)(H2,58,59,78)(H2,60,61,77)/t39?,40-,41-/m1/s1. The van der Waals surface area contributed by atoms with Gasteiger partial charge < -0.3 is 64.1 Å². The highest BCUT2D eigenvalue weighted by atomic mass is 79.9. The maximum Gasteiger partial charge on any atom is 0.326 e. The molecule has 1 aliphatic rings. The largest absolute Gasteiger partial charge is 0.480 e. The number of urea groups is 1. The van der Waals surface area contributed by atoms with Gasteiger partial charge in [0.1, 0.15) is 22.5 Å². The van der Waals surface area contributed by atoms with Gasteiger partial charge in [-0.1, -0.05) is 30.3 Å². The van der Waals surface area contributed by atoms with Gasteiger partial charge in [0.2, 0.25) is 23.6 Å². The maximum absolute atomic E-state index is 14.0. The van der Waals surface area contributed by atoms with Gasteiger partial charge in [-0.25, -0.2) is 19.4 Å². The second-order valence-electron chi connectivity index (χ2n) is 19.0. The fraction of sp³-hybridized carbons (Fsp3) is 0.471. The Morgan fingerprint density at radius 2 is 1.22 bits per heavy atom. The number of carbonyl (C=O) groups excluding carboxylic acids is 7. The van der Waals surface area contributed by atoms with Crippen LogP contribution in [-0.2, 0) is 53.1 Å². The number of halogens is 1. The molecule has 1 aromatic heterocycles. The number of nitrogens with one attached hydrogen (secondary N) is 4. The third-order valence-electron chi connectivity index (χ3n) is 12.6. The molecule has 1 unspecified atom stereocenters. The third-order valence-corrected chi connectivity index (χ3v) is 13.3. The molecule has 7 amide bonds. The Morgan fingerprint density at radius 3 is 1.76 bits per heavy atom. The number of amides is 7. The average Bonchev–Trinajstić information content (AvgIpc) is 3.37. The molecular weight excluding hydrogens is 1100 g/mol. The number of carboxylic acid groups (broad SMARTS) is 2. The van der Waals surface area contributed by atoms with Gasteiger partial charge in [0.05, 0.1) is 26.2 Å². The molecule has 3 aromatic rings. The molecule has 1 saturated heterocycles. The molecule has 0 bridgehead atoms. The summed E-state index contributed by atoms with van der Waals surface area (Å²) in [5.74, 6) is -5.38. The highest BCUT2D eigenvalue weighted by Crippen LogP contribution is 2.18. The summed E-state index contributed by atoms with van der Waals surface area (Å²) in [6.07, 6.45) is 2.47. The van der Waals surface area contributed by atoms with E-state index in [1.807, 2.05) is 49.9 Å². The number of nitrogens with zero attached hydrogens (tertiary/aromatic N) is 6. The van der Waals surface area contributed by atoms with Crippen LogP contribution in [0.3, 0.4) is 0 Å². The number of rotatable bonds is 28. The first kappa shape index (κ1) is 63.4. The number of hydrogen-bond acceptors (Lipinski definition) is 15. The zero-order chi connectivity index (χ0) is 57.3. The summed E-state index contributed by atoms with van der Waals surface area (Å²) in [5, 5.41) is 30.4. The molecule has 25 nitrogen and oxygen atoms in total. The zero-order valence-corrected chi connectivity index (χ0v) is 46.0. The molecule has 2 heterocycles. The van der Waals surface area contributed by atoms with Crippen molar-refractivity contribution in [3.8, 4) is 0 Å². The molecule has 3 atom stereocenters. The first-order chi connectivity index (χ1) is 37.0. The molecule has 4 rings (SSSR count). The first-order valence-corrected chi connectivity index (χ1v) is 26.4. The van der Waals surface area contributed by atoms with Gasteiger partial charge in [0.15, 0.2) is 5.11 Å². The number of benzene rings is 2. The Bertz CT molecular complexity index is 2550. The van der Waals surface area contributed by atoms with E-state index in [1.165, 1.54) is 6.92 Å². The number of aliphatic carboxylic acids is 2. The van der Waals surface area contributed by atoms with E-state index in [0.717, 1.165) is 16.7 Å². The number of aromatic nitrogens is 1. The number of anilines is 1. The molecule has 78 heavy (non-hydrogen) atoms. The van der Waals surface area contributed by atoms with E-state index < -0.39 is 53.7 Å². The quantitative estimate of drug-likeness (QED) is 0.0255. The number of ketones is 1. The summed E-state index contributed by atoms with van der Waals surface area (Å²) in [4.78, 5) is 124. The molecule has 424 valence electrons. The molecule has 0 saturated carbocycles. The summed E-state index contributed by atoms with van der Waals surface area (Å²) >= 11 is 8.95. The fourth-order valence-electron chi connectivity index (χ4n) is 8.62. The van der Waals surface area contributed by atoms with Gasteiger partial charge in [-0.15, -0.1) is 0 Å². The summed E-state index contributed by atoms with van der Waals surface area (Å²) in [7, 11) is 0. The minimum absolute atomic E-state index is 0.0112. The zero-order valence-electron chi connectivity index (χ0n) is 43.6. The minimum Gasteiger partial charge on any atom is -0.480 e. The highest BCUT2D eigenvalue weighted by molar-refractivity contribution is 9.10. The molecule has 14 N–H and O–H groups in total. The van der Waals surface area contributed by atoms with Crippen LogP contribution in [0.4, 0.5) is 10.5 Å². The van der Waals surface area contributed by atoms with E-state index in [0.29, 0.717) is 86.2 Å². The van der Waals surface area contributed by atoms with Crippen LogP contribution in [0.25, 0.3) is 0 Å². The summed E-state index contributed by atoms with van der Waals surface area (Å²) < 4.78 is 0.615. The van der Waals surface area contributed by atoms with Crippen molar-refractivity contribution < 1.29 is 53.4 Å². The Labute approximate surface area is 466 Å². The highest BCUT2D eigenvalue weighted by Gasteiger charge is 2.28. The number of thiocarbonyl (C=S) groups is 1. The van der Waals surface area contributed by atoms with Crippen molar-refractivity contribution in [1.82, 2.24) is 45.4 Å². The number of unbranched alkanes of at least 4 members (excludes halogenated alkanes) is 1. The minimum atomic E-state index is -1.38. The van der Waals surface area contributed by atoms with Gasteiger partial charge >= 0.3 is 18.0 Å². The van der Waals surface area contributed by atoms with E-state index >= 15 is 0 Å². The third kappa shape index (κ3) is 24.0. The number of carboxylic acids is 2. The van der Waals surface area contributed by atoms with Crippen LogP contribution in [-0.4, -0.2) is 195 Å². The number of Topliss-reactive ketones (excluding diaryl/α,β-unsaturated/α-hetero) is 1. The van der Waals surface area contributed by atoms with Crippen molar-refractivity contribution in [2.75, 3.05) is 83.9 Å². The Balaban J connectivity index is 1.38. The Hall–Kier alpha value is -7.17. The lowest BCUT2D eigenvalue weighted by atomic mass is 10.0.